The highest BCUT2D eigenvalue weighted by Gasteiger charge is 2.19. The van der Waals surface area contributed by atoms with Crippen LogP contribution in [0.4, 0.5) is 11.4 Å². The van der Waals surface area contributed by atoms with Gasteiger partial charge in [-0.1, -0.05) is 24.3 Å². The molecule has 0 bridgehead atoms. The Hall–Kier alpha value is -3.86. The molecule has 0 fully saturated rings. The van der Waals surface area contributed by atoms with Gasteiger partial charge < -0.3 is 5.32 Å². The summed E-state index contributed by atoms with van der Waals surface area (Å²) in [6.07, 6.45) is 2.50. The van der Waals surface area contributed by atoms with Crippen molar-refractivity contribution in [1.82, 2.24) is 19.3 Å². The Labute approximate surface area is 177 Å². The van der Waals surface area contributed by atoms with Crippen LogP contribution in [0.25, 0.3) is 16.7 Å². The van der Waals surface area contributed by atoms with E-state index in [-0.39, 0.29) is 29.0 Å². The minimum Gasteiger partial charge on any atom is -0.324 e. The summed E-state index contributed by atoms with van der Waals surface area (Å²) in [6.45, 7) is -0.250. The maximum Gasteiger partial charge on any atom is 0.294 e. The summed E-state index contributed by atoms with van der Waals surface area (Å²) in [5, 5.41) is 18.3. The maximum absolute atomic E-state index is 12.8. The zero-order valence-corrected chi connectivity index (χ0v) is 16.8. The third-order valence-electron chi connectivity index (χ3n) is 4.32. The Morgan fingerprint density at radius 1 is 1.17 bits per heavy atom. The van der Waals surface area contributed by atoms with Gasteiger partial charge in [-0.05, 0) is 34.1 Å². The lowest BCUT2D eigenvalue weighted by Gasteiger charge is -2.09. The first kappa shape index (κ1) is 19.5. The van der Waals surface area contributed by atoms with Crippen LogP contribution in [0.2, 0.25) is 0 Å². The number of nitrogens with one attached hydrogen (secondary N) is 1. The number of anilines is 1. The molecule has 1 amide bonds. The van der Waals surface area contributed by atoms with Gasteiger partial charge in [-0.2, -0.15) is 5.10 Å². The van der Waals surface area contributed by atoms with Crippen LogP contribution in [0.3, 0.4) is 0 Å². The fourth-order valence-corrected chi connectivity index (χ4v) is 3.33. The van der Waals surface area contributed by atoms with Gasteiger partial charge in [-0.15, -0.1) is 0 Å². The highest BCUT2D eigenvalue weighted by atomic mass is 79.9. The summed E-state index contributed by atoms with van der Waals surface area (Å²) in [6, 6.07) is 13.1. The fraction of sp³-hybridized carbons (Fsp3) is 0.0526. The average molecular weight is 469 g/mol. The Balaban J connectivity index is 1.67. The highest BCUT2D eigenvalue weighted by molar-refractivity contribution is 9.10. The first-order valence-electron chi connectivity index (χ1n) is 8.67. The SMILES string of the molecule is O=C(Cn1cnc2c(cnn2-c2ccccc2[N+](=O)[O-])c1=O)Nc1ccccc1Br. The third-order valence-corrected chi connectivity index (χ3v) is 5.01. The van der Waals surface area contributed by atoms with E-state index in [4.69, 9.17) is 0 Å². The number of para-hydroxylation sites is 3. The number of hydrogen-bond donors (Lipinski definition) is 1. The minimum absolute atomic E-state index is 0.143. The number of nitro groups is 1. The van der Waals surface area contributed by atoms with E-state index in [1.807, 2.05) is 6.07 Å². The van der Waals surface area contributed by atoms with Gasteiger partial charge in [0.05, 0.1) is 16.8 Å². The molecule has 4 aromatic rings. The molecule has 0 saturated heterocycles. The van der Waals surface area contributed by atoms with Crippen LogP contribution < -0.4 is 10.9 Å². The molecule has 0 spiro atoms. The number of nitrogens with zero attached hydrogens (tertiary/aromatic N) is 5. The Morgan fingerprint density at radius 3 is 2.67 bits per heavy atom. The summed E-state index contributed by atoms with van der Waals surface area (Å²) in [5.74, 6) is -0.406. The first-order valence-corrected chi connectivity index (χ1v) is 9.46. The molecule has 1 N–H and O–H groups in total. The molecule has 0 aliphatic rings. The molecule has 2 heterocycles. The van der Waals surface area contributed by atoms with Crippen molar-refractivity contribution in [2.24, 2.45) is 0 Å². The molecule has 2 aromatic heterocycles. The zero-order chi connectivity index (χ0) is 21.3. The van der Waals surface area contributed by atoms with E-state index < -0.39 is 16.4 Å². The van der Waals surface area contributed by atoms with Gasteiger partial charge in [0.15, 0.2) is 5.65 Å². The number of halogens is 1. The second-order valence-corrected chi connectivity index (χ2v) is 7.10. The monoisotopic (exact) mass is 468 g/mol. The van der Waals surface area contributed by atoms with Gasteiger partial charge >= 0.3 is 0 Å². The van der Waals surface area contributed by atoms with Gasteiger partial charge in [0.25, 0.3) is 11.2 Å². The Kier molecular flexibility index (Phi) is 5.11. The molecular formula is C19H13BrN6O4. The maximum atomic E-state index is 12.8. The molecule has 150 valence electrons. The number of benzene rings is 2. The Morgan fingerprint density at radius 2 is 1.90 bits per heavy atom. The predicted molar refractivity (Wildman–Crippen MR) is 113 cm³/mol. The van der Waals surface area contributed by atoms with Gasteiger partial charge in [0, 0.05) is 10.5 Å². The largest absolute Gasteiger partial charge is 0.324 e. The topological polar surface area (TPSA) is 125 Å². The van der Waals surface area contributed by atoms with Crippen LogP contribution in [0, 0.1) is 10.1 Å². The molecule has 10 nitrogen and oxygen atoms in total. The summed E-state index contributed by atoms with van der Waals surface area (Å²) in [7, 11) is 0. The van der Waals surface area contributed by atoms with Crippen molar-refractivity contribution in [2.75, 3.05) is 5.32 Å². The van der Waals surface area contributed by atoms with E-state index in [9.17, 15) is 19.7 Å². The lowest BCUT2D eigenvalue weighted by atomic mass is 10.2. The summed E-state index contributed by atoms with van der Waals surface area (Å²) in [5.41, 5.74) is 0.285. The number of rotatable bonds is 5. The van der Waals surface area contributed by atoms with Crippen molar-refractivity contribution in [3.63, 3.8) is 0 Å². The number of amides is 1. The molecule has 11 heteroatoms. The van der Waals surface area contributed by atoms with Crippen molar-refractivity contribution in [3.8, 4) is 5.69 Å². The minimum atomic E-state index is -0.532. The number of carbonyl (C=O) groups is 1. The first-order chi connectivity index (χ1) is 14.5. The van der Waals surface area contributed by atoms with Crippen LogP contribution in [-0.2, 0) is 11.3 Å². The molecule has 0 aliphatic heterocycles. The quantitative estimate of drug-likeness (QED) is 0.354. The fourth-order valence-electron chi connectivity index (χ4n) is 2.94. The van der Waals surface area contributed by atoms with Crippen LogP contribution in [0.5, 0.6) is 0 Å². The van der Waals surface area contributed by atoms with Crippen LogP contribution in [0.15, 0.2) is 70.3 Å². The number of fused-ring (bicyclic) bond motifs is 1. The van der Waals surface area contributed by atoms with E-state index in [0.717, 1.165) is 4.57 Å². The van der Waals surface area contributed by atoms with Gasteiger partial charge in [-0.3, -0.25) is 24.3 Å². The number of carbonyl (C=O) groups excluding carboxylic acids is 1. The van der Waals surface area contributed by atoms with E-state index in [1.165, 1.54) is 35.4 Å². The zero-order valence-electron chi connectivity index (χ0n) is 15.2. The molecule has 2 aromatic carbocycles. The summed E-state index contributed by atoms with van der Waals surface area (Å²) < 4.78 is 3.10. The van der Waals surface area contributed by atoms with E-state index >= 15 is 0 Å². The number of nitro benzene ring substituents is 1. The number of hydrogen-bond acceptors (Lipinski definition) is 6. The average Bonchev–Trinajstić information content (AvgIpc) is 3.16. The highest BCUT2D eigenvalue weighted by Crippen LogP contribution is 2.24. The van der Waals surface area contributed by atoms with Gasteiger partial charge in [0.1, 0.15) is 23.9 Å². The van der Waals surface area contributed by atoms with Crippen molar-refractivity contribution < 1.29 is 9.72 Å². The van der Waals surface area contributed by atoms with Gasteiger partial charge in [0.2, 0.25) is 5.91 Å². The smallest absolute Gasteiger partial charge is 0.294 e. The molecule has 0 unspecified atom stereocenters. The molecule has 0 aliphatic carbocycles. The van der Waals surface area contributed by atoms with Crippen molar-refractivity contribution in [1.29, 1.82) is 0 Å². The lowest BCUT2D eigenvalue weighted by Crippen LogP contribution is -2.28. The van der Waals surface area contributed by atoms with Gasteiger partial charge in [-0.25, -0.2) is 9.67 Å². The van der Waals surface area contributed by atoms with Crippen LogP contribution in [0.1, 0.15) is 0 Å². The van der Waals surface area contributed by atoms with Crippen LogP contribution in [-0.4, -0.2) is 30.2 Å². The molecule has 4 rings (SSSR count). The van der Waals surface area contributed by atoms with Crippen LogP contribution >= 0.6 is 15.9 Å². The second-order valence-electron chi connectivity index (χ2n) is 6.25. The molecule has 0 atom stereocenters. The second kappa shape index (κ2) is 7.87. The molecular weight excluding hydrogens is 456 g/mol. The standard InChI is InChI=1S/C19H13BrN6O4/c20-13-5-1-2-6-14(13)23-17(27)10-24-11-21-18-12(19(24)28)9-22-25(18)15-7-3-4-8-16(15)26(29)30/h1-9,11H,10H2,(H,23,27). The van der Waals surface area contributed by atoms with Crippen molar-refractivity contribution in [3.05, 3.63) is 86.0 Å². The molecule has 30 heavy (non-hydrogen) atoms. The third kappa shape index (κ3) is 3.57. The van der Waals surface area contributed by atoms with E-state index in [1.54, 1.807) is 24.3 Å². The van der Waals surface area contributed by atoms with E-state index in [0.29, 0.717) is 10.2 Å². The van der Waals surface area contributed by atoms with Crippen molar-refractivity contribution >= 4 is 44.2 Å². The number of aromatic nitrogens is 4. The normalized spacial score (nSPS) is 10.8. The predicted octanol–water partition coefficient (Wildman–Crippen LogP) is 2.89. The molecule has 0 saturated carbocycles. The molecule has 0 radical (unpaired) electrons. The summed E-state index contributed by atoms with van der Waals surface area (Å²) in [4.78, 5) is 40.1. The van der Waals surface area contributed by atoms with Crippen molar-refractivity contribution in [2.45, 2.75) is 6.54 Å². The van der Waals surface area contributed by atoms with E-state index in [2.05, 4.69) is 31.3 Å². The lowest BCUT2D eigenvalue weighted by molar-refractivity contribution is -0.384. The summed E-state index contributed by atoms with van der Waals surface area (Å²) >= 11 is 3.34. The Bertz CT molecular complexity index is 1350.